The minimum Gasteiger partial charge on any atom is -0.392 e. The van der Waals surface area contributed by atoms with Crippen molar-refractivity contribution in [3.05, 3.63) is 35.4 Å². The number of β-amino-alcohol motifs (C(OH)–C–C–N with tert-alkyl or cyclic N) is 1. The van der Waals surface area contributed by atoms with E-state index in [1.165, 1.54) is 11.1 Å². The highest BCUT2D eigenvalue weighted by atomic mass is 16.3. The van der Waals surface area contributed by atoms with Gasteiger partial charge in [-0.1, -0.05) is 31.2 Å². The van der Waals surface area contributed by atoms with Crippen LogP contribution in [0.25, 0.3) is 0 Å². The molecule has 2 nitrogen and oxygen atoms in total. The van der Waals surface area contributed by atoms with Gasteiger partial charge in [0.25, 0.3) is 0 Å². The van der Waals surface area contributed by atoms with Crippen molar-refractivity contribution in [3.8, 4) is 0 Å². The van der Waals surface area contributed by atoms with Crippen molar-refractivity contribution in [3.63, 3.8) is 0 Å². The molecule has 15 heavy (non-hydrogen) atoms. The second-order valence-electron chi connectivity index (χ2n) is 4.35. The van der Waals surface area contributed by atoms with Crippen LogP contribution in [-0.4, -0.2) is 29.2 Å². The number of hydrogen-bond donors (Lipinski definition) is 1. The highest BCUT2D eigenvalue weighted by molar-refractivity contribution is 5.22. The Labute approximate surface area is 91.5 Å². The highest BCUT2D eigenvalue weighted by Gasteiger charge is 2.19. The summed E-state index contributed by atoms with van der Waals surface area (Å²) in [7, 11) is 0. The zero-order valence-corrected chi connectivity index (χ0v) is 9.32. The van der Waals surface area contributed by atoms with Gasteiger partial charge in [0.2, 0.25) is 0 Å². The van der Waals surface area contributed by atoms with Gasteiger partial charge < -0.3 is 5.11 Å². The molecule has 1 fully saturated rings. The van der Waals surface area contributed by atoms with Gasteiger partial charge in [-0.25, -0.2) is 0 Å². The van der Waals surface area contributed by atoms with Gasteiger partial charge in [0, 0.05) is 19.6 Å². The van der Waals surface area contributed by atoms with E-state index in [-0.39, 0.29) is 6.10 Å². The van der Waals surface area contributed by atoms with Crippen molar-refractivity contribution in [2.45, 2.75) is 32.4 Å². The summed E-state index contributed by atoms with van der Waals surface area (Å²) in [6.45, 7) is 5.00. The largest absolute Gasteiger partial charge is 0.392 e. The number of aliphatic hydroxyl groups is 1. The van der Waals surface area contributed by atoms with E-state index in [9.17, 15) is 5.11 Å². The molecule has 2 heteroatoms. The van der Waals surface area contributed by atoms with Crippen LogP contribution in [-0.2, 0) is 13.0 Å². The predicted octanol–water partition coefficient (Wildman–Crippen LogP) is 1.82. The highest BCUT2D eigenvalue weighted by Crippen LogP contribution is 2.14. The molecule has 1 N–H and O–H groups in total. The first-order chi connectivity index (χ1) is 7.28. The van der Waals surface area contributed by atoms with Crippen LogP contribution in [0, 0.1) is 0 Å². The molecular weight excluding hydrogens is 186 g/mol. The molecular formula is C13H19NO. The normalized spacial score (nSPS) is 22.1. The van der Waals surface area contributed by atoms with Crippen LogP contribution < -0.4 is 0 Å². The van der Waals surface area contributed by atoms with E-state index in [4.69, 9.17) is 0 Å². The Morgan fingerprint density at radius 1 is 1.27 bits per heavy atom. The summed E-state index contributed by atoms with van der Waals surface area (Å²) in [6.07, 6.45) is 1.91. The number of benzene rings is 1. The topological polar surface area (TPSA) is 23.5 Å². The molecule has 1 heterocycles. The van der Waals surface area contributed by atoms with Gasteiger partial charge >= 0.3 is 0 Å². The Morgan fingerprint density at radius 3 is 2.47 bits per heavy atom. The van der Waals surface area contributed by atoms with E-state index in [1.807, 2.05) is 0 Å². The Kier molecular flexibility index (Phi) is 3.39. The van der Waals surface area contributed by atoms with Gasteiger partial charge in [-0.15, -0.1) is 0 Å². The van der Waals surface area contributed by atoms with Crippen LogP contribution in [0.2, 0.25) is 0 Å². The summed E-state index contributed by atoms with van der Waals surface area (Å²) in [6, 6.07) is 8.79. The second-order valence-corrected chi connectivity index (χ2v) is 4.35. The Hall–Kier alpha value is -0.860. The zero-order chi connectivity index (χ0) is 10.7. The lowest BCUT2D eigenvalue weighted by molar-refractivity contribution is 0.175. The van der Waals surface area contributed by atoms with Crippen molar-refractivity contribution in [2.75, 3.05) is 13.1 Å². The van der Waals surface area contributed by atoms with Gasteiger partial charge in [0.1, 0.15) is 0 Å². The quantitative estimate of drug-likeness (QED) is 0.813. The van der Waals surface area contributed by atoms with Gasteiger partial charge in [-0.3, -0.25) is 4.90 Å². The van der Waals surface area contributed by atoms with Crippen LogP contribution in [0.4, 0.5) is 0 Å². The summed E-state index contributed by atoms with van der Waals surface area (Å²) in [5.41, 5.74) is 2.74. The molecule has 1 atom stereocenters. The standard InChI is InChI=1S/C13H19NO/c1-2-11-3-5-12(6-4-11)9-14-8-7-13(15)10-14/h3-6,13,15H,2,7-10H2,1H3. The molecule has 1 aromatic carbocycles. The third-order valence-corrected chi connectivity index (χ3v) is 3.08. The maximum Gasteiger partial charge on any atom is 0.0679 e. The summed E-state index contributed by atoms with van der Waals surface area (Å²) in [4.78, 5) is 2.31. The molecule has 82 valence electrons. The van der Waals surface area contributed by atoms with Gasteiger partial charge in [0.05, 0.1) is 6.10 Å². The fourth-order valence-electron chi connectivity index (χ4n) is 2.09. The smallest absolute Gasteiger partial charge is 0.0679 e. The summed E-state index contributed by atoms with van der Waals surface area (Å²) < 4.78 is 0. The number of hydrogen-bond acceptors (Lipinski definition) is 2. The van der Waals surface area contributed by atoms with E-state index in [2.05, 4.69) is 36.1 Å². The molecule has 0 amide bonds. The third kappa shape index (κ3) is 2.80. The van der Waals surface area contributed by atoms with E-state index < -0.39 is 0 Å². The van der Waals surface area contributed by atoms with Crippen molar-refractivity contribution in [2.24, 2.45) is 0 Å². The van der Waals surface area contributed by atoms with Crippen LogP contribution in [0.15, 0.2) is 24.3 Å². The number of nitrogens with zero attached hydrogens (tertiary/aromatic N) is 1. The summed E-state index contributed by atoms with van der Waals surface area (Å²) in [5, 5.41) is 9.42. The Balaban J connectivity index is 1.93. The van der Waals surface area contributed by atoms with E-state index >= 15 is 0 Å². The lowest BCUT2D eigenvalue weighted by Gasteiger charge is -2.14. The van der Waals surface area contributed by atoms with Gasteiger partial charge in [-0.2, -0.15) is 0 Å². The first-order valence-electron chi connectivity index (χ1n) is 5.76. The number of aliphatic hydroxyl groups excluding tert-OH is 1. The maximum atomic E-state index is 9.42. The van der Waals surface area contributed by atoms with E-state index in [0.717, 1.165) is 32.5 Å². The van der Waals surface area contributed by atoms with E-state index in [1.54, 1.807) is 0 Å². The SMILES string of the molecule is CCc1ccc(CN2CCC(O)C2)cc1. The van der Waals surface area contributed by atoms with Crippen LogP contribution in [0.5, 0.6) is 0 Å². The van der Waals surface area contributed by atoms with Crippen LogP contribution in [0.3, 0.4) is 0 Å². The molecule has 0 aromatic heterocycles. The molecule has 0 saturated carbocycles. The van der Waals surface area contributed by atoms with Crippen LogP contribution in [0.1, 0.15) is 24.5 Å². The first kappa shape index (κ1) is 10.7. The molecule has 1 aromatic rings. The zero-order valence-electron chi connectivity index (χ0n) is 9.32. The molecule has 1 aliphatic heterocycles. The maximum absolute atomic E-state index is 9.42. The second kappa shape index (κ2) is 4.77. The van der Waals surface area contributed by atoms with Crippen molar-refractivity contribution in [1.29, 1.82) is 0 Å². The summed E-state index contributed by atoms with van der Waals surface area (Å²) in [5.74, 6) is 0. The monoisotopic (exact) mass is 205 g/mol. The fraction of sp³-hybridized carbons (Fsp3) is 0.538. The van der Waals surface area contributed by atoms with E-state index in [0.29, 0.717) is 0 Å². The molecule has 0 spiro atoms. The molecule has 0 bridgehead atoms. The summed E-state index contributed by atoms with van der Waals surface area (Å²) >= 11 is 0. The van der Waals surface area contributed by atoms with Crippen LogP contribution >= 0.6 is 0 Å². The number of rotatable bonds is 3. The lowest BCUT2D eigenvalue weighted by Crippen LogP contribution is -2.21. The molecule has 1 saturated heterocycles. The number of aryl methyl sites for hydroxylation is 1. The minimum atomic E-state index is -0.111. The Morgan fingerprint density at radius 2 is 1.93 bits per heavy atom. The molecule has 1 unspecified atom stereocenters. The average Bonchev–Trinajstić information content (AvgIpc) is 2.65. The molecule has 1 aliphatic rings. The molecule has 0 radical (unpaired) electrons. The van der Waals surface area contributed by atoms with Crippen molar-refractivity contribution in [1.82, 2.24) is 4.90 Å². The molecule has 0 aliphatic carbocycles. The van der Waals surface area contributed by atoms with Gasteiger partial charge in [-0.05, 0) is 24.0 Å². The minimum absolute atomic E-state index is 0.111. The fourth-order valence-corrected chi connectivity index (χ4v) is 2.09. The first-order valence-corrected chi connectivity index (χ1v) is 5.76. The number of likely N-dealkylation sites (tertiary alicyclic amines) is 1. The van der Waals surface area contributed by atoms with Gasteiger partial charge in [0.15, 0.2) is 0 Å². The Bertz CT molecular complexity index is 307. The van der Waals surface area contributed by atoms with Crippen molar-refractivity contribution >= 4 is 0 Å². The average molecular weight is 205 g/mol. The van der Waals surface area contributed by atoms with Crippen molar-refractivity contribution < 1.29 is 5.11 Å². The predicted molar refractivity (Wildman–Crippen MR) is 61.7 cm³/mol. The third-order valence-electron chi connectivity index (χ3n) is 3.08. The molecule has 2 rings (SSSR count). The lowest BCUT2D eigenvalue weighted by atomic mass is 10.1.